The molecule has 1 heterocycles. The van der Waals surface area contributed by atoms with E-state index in [1.807, 2.05) is 24.3 Å². The lowest BCUT2D eigenvalue weighted by Gasteiger charge is -2.42. The quantitative estimate of drug-likeness (QED) is 0.753. The number of primary amides is 1. The van der Waals surface area contributed by atoms with Crippen molar-refractivity contribution in [3.8, 4) is 0 Å². The van der Waals surface area contributed by atoms with Gasteiger partial charge in [-0.25, -0.2) is 4.79 Å². The summed E-state index contributed by atoms with van der Waals surface area (Å²) in [7, 11) is 0. The number of aliphatic hydroxyl groups is 1. The summed E-state index contributed by atoms with van der Waals surface area (Å²) in [6.45, 7) is 0.995. The van der Waals surface area contributed by atoms with Crippen molar-refractivity contribution in [2.45, 2.75) is 62.6 Å². The van der Waals surface area contributed by atoms with Crippen molar-refractivity contribution in [3.05, 3.63) is 34.3 Å². The lowest BCUT2D eigenvalue weighted by Crippen LogP contribution is -2.50. The first kappa shape index (κ1) is 20.1. The van der Waals surface area contributed by atoms with E-state index in [4.69, 9.17) is 10.5 Å². The number of hydrogen-bond donors (Lipinski definition) is 2. The zero-order chi connectivity index (χ0) is 19.4. The number of amides is 2. The molecule has 1 unspecified atom stereocenters. The van der Waals surface area contributed by atoms with Gasteiger partial charge in [-0.05, 0) is 30.5 Å². The van der Waals surface area contributed by atoms with Crippen LogP contribution in [0, 0.1) is 0 Å². The van der Waals surface area contributed by atoms with Crippen molar-refractivity contribution in [2.75, 3.05) is 13.1 Å². The number of halogens is 1. The number of carbonyl (C=O) groups is 2. The number of rotatable bonds is 4. The van der Waals surface area contributed by atoms with Gasteiger partial charge < -0.3 is 20.5 Å². The topological polar surface area (TPSA) is 92.9 Å². The molecule has 2 fully saturated rings. The molecule has 0 bridgehead atoms. The number of nitrogens with zero attached hydrogens (tertiary/aromatic N) is 1. The van der Waals surface area contributed by atoms with E-state index in [1.165, 1.54) is 0 Å². The van der Waals surface area contributed by atoms with Gasteiger partial charge in [0, 0.05) is 30.4 Å². The molecular weight excluding hydrogens is 412 g/mol. The van der Waals surface area contributed by atoms with E-state index >= 15 is 0 Å². The number of nitrogens with two attached hydrogens (primary N) is 1. The normalized spacial score (nSPS) is 21.5. The zero-order valence-electron chi connectivity index (χ0n) is 15.4. The summed E-state index contributed by atoms with van der Waals surface area (Å²) in [5.74, 6) is -0.626. The molecule has 0 aromatic heterocycles. The first-order valence-electron chi connectivity index (χ1n) is 9.62. The summed E-state index contributed by atoms with van der Waals surface area (Å²) in [6.07, 6.45) is 4.35. The van der Waals surface area contributed by atoms with Crippen LogP contribution in [0.4, 0.5) is 4.79 Å². The summed E-state index contributed by atoms with van der Waals surface area (Å²) >= 11 is 3.48. The molecule has 0 spiro atoms. The van der Waals surface area contributed by atoms with Gasteiger partial charge in [-0.15, -0.1) is 0 Å². The van der Waals surface area contributed by atoms with E-state index in [0.29, 0.717) is 38.8 Å². The second-order valence-electron chi connectivity index (χ2n) is 7.61. The third-order valence-corrected chi connectivity index (χ3v) is 6.22. The van der Waals surface area contributed by atoms with Gasteiger partial charge in [0.1, 0.15) is 6.10 Å². The van der Waals surface area contributed by atoms with Crippen LogP contribution in [-0.4, -0.2) is 46.8 Å². The molecule has 2 amide bonds. The minimum Gasteiger partial charge on any atom is -0.446 e. The van der Waals surface area contributed by atoms with E-state index in [2.05, 4.69) is 15.9 Å². The maximum absolute atomic E-state index is 13.5. The predicted octanol–water partition coefficient (Wildman–Crippen LogP) is 3.31. The fourth-order valence-corrected chi connectivity index (χ4v) is 4.78. The highest BCUT2D eigenvalue weighted by molar-refractivity contribution is 9.10. The second kappa shape index (κ2) is 8.61. The smallest absolute Gasteiger partial charge is 0.404 e. The monoisotopic (exact) mass is 438 g/mol. The Morgan fingerprint density at radius 2 is 1.89 bits per heavy atom. The van der Waals surface area contributed by atoms with Crippen molar-refractivity contribution >= 4 is 27.9 Å². The lowest BCUT2D eigenvalue weighted by atomic mass is 9.72. The average molecular weight is 439 g/mol. The summed E-state index contributed by atoms with van der Waals surface area (Å²) in [5.41, 5.74) is 4.92. The molecule has 148 valence electrons. The van der Waals surface area contributed by atoms with Gasteiger partial charge in [0.2, 0.25) is 5.91 Å². The highest BCUT2D eigenvalue weighted by Gasteiger charge is 2.45. The largest absolute Gasteiger partial charge is 0.446 e. The van der Waals surface area contributed by atoms with Crippen molar-refractivity contribution in [1.82, 2.24) is 4.90 Å². The van der Waals surface area contributed by atoms with Crippen LogP contribution in [0.25, 0.3) is 0 Å². The number of carbonyl (C=O) groups excluding carboxylic acids is 2. The molecule has 6 nitrogen and oxygen atoms in total. The Morgan fingerprint density at radius 1 is 1.22 bits per heavy atom. The molecule has 3 rings (SSSR count). The van der Waals surface area contributed by atoms with Crippen LogP contribution in [0.15, 0.2) is 28.7 Å². The molecule has 2 aliphatic rings. The number of ether oxygens (including phenoxy) is 1. The maximum Gasteiger partial charge on any atom is 0.404 e. The Bertz CT molecular complexity index is 682. The predicted molar refractivity (Wildman–Crippen MR) is 105 cm³/mol. The van der Waals surface area contributed by atoms with Crippen LogP contribution in [0.1, 0.15) is 56.4 Å². The van der Waals surface area contributed by atoms with Gasteiger partial charge in [-0.1, -0.05) is 47.3 Å². The summed E-state index contributed by atoms with van der Waals surface area (Å²) in [4.78, 5) is 26.2. The lowest BCUT2D eigenvalue weighted by molar-refractivity contribution is -0.143. The van der Waals surface area contributed by atoms with Gasteiger partial charge in [-0.3, -0.25) is 4.79 Å². The van der Waals surface area contributed by atoms with Crippen molar-refractivity contribution in [2.24, 2.45) is 5.73 Å². The molecule has 1 aromatic rings. The summed E-state index contributed by atoms with van der Waals surface area (Å²) < 4.78 is 5.96. The Morgan fingerprint density at radius 3 is 2.48 bits per heavy atom. The first-order valence-corrected chi connectivity index (χ1v) is 10.4. The Kier molecular flexibility index (Phi) is 6.42. The molecule has 1 atom stereocenters. The molecule has 1 aliphatic heterocycles. The van der Waals surface area contributed by atoms with Crippen LogP contribution in [0.3, 0.4) is 0 Å². The third kappa shape index (κ3) is 4.82. The first-order chi connectivity index (χ1) is 12.9. The average Bonchev–Trinajstić information content (AvgIpc) is 2.62. The summed E-state index contributed by atoms with van der Waals surface area (Å²) in [5, 5.41) is 11.4. The number of piperidine rings is 1. The second-order valence-corrected chi connectivity index (χ2v) is 8.53. The van der Waals surface area contributed by atoms with E-state index < -0.39 is 17.6 Å². The van der Waals surface area contributed by atoms with E-state index in [9.17, 15) is 14.7 Å². The van der Waals surface area contributed by atoms with Crippen molar-refractivity contribution in [1.29, 1.82) is 0 Å². The van der Waals surface area contributed by atoms with Crippen LogP contribution in [-0.2, 0) is 9.53 Å². The van der Waals surface area contributed by atoms with E-state index in [-0.39, 0.29) is 12.0 Å². The van der Waals surface area contributed by atoms with E-state index in [0.717, 1.165) is 29.3 Å². The number of hydrogen-bond acceptors (Lipinski definition) is 4. The molecule has 27 heavy (non-hydrogen) atoms. The zero-order valence-corrected chi connectivity index (χ0v) is 17.0. The minimum absolute atomic E-state index is 0.0463. The molecule has 1 saturated carbocycles. The molecule has 7 heteroatoms. The SMILES string of the molecule is NC(=O)OC1CCN(C(=O)C(c2cccc(Br)c2)C2(O)CCCCC2)CC1. The highest BCUT2D eigenvalue weighted by atomic mass is 79.9. The molecule has 1 aliphatic carbocycles. The summed E-state index contributed by atoms with van der Waals surface area (Å²) in [6, 6.07) is 7.67. The third-order valence-electron chi connectivity index (χ3n) is 5.72. The Hall–Kier alpha value is -1.60. The Labute approximate surface area is 168 Å². The van der Waals surface area contributed by atoms with Gasteiger partial charge in [0.25, 0.3) is 0 Å². The van der Waals surface area contributed by atoms with Gasteiger partial charge in [-0.2, -0.15) is 0 Å². The van der Waals surface area contributed by atoms with Crippen molar-refractivity contribution in [3.63, 3.8) is 0 Å². The van der Waals surface area contributed by atoms with Crippen LogP contribution in [0.2, 0.25) is 0 Å². The molecule has 0 radical (unpaired) electrons. The fraction of sp³-hybridized carbons (Fsp3) is 0.600. The van der Waals surface area contributed by atoms with Crippen molar-refractivity contribution < 1.29 is 19.4 Å². The van der Waals surface area contributed by atoms with Crippen LogP contribution >= 0.6 is 15.9 Å². The van der Waals surface area contributed by atoms with Crippen LogP contribution < -0.4 is 5.73 Å². The molecule has 3 N–H and O–H groups in total. The Balaban J connectivity index is 1.80. The van der Waals surface area contributed by atoms with E-state index in [1.54, 1.807) is 4.90 Å². The minimum atomic E-state index is -1.02. The number of likely N-dealkylation sites (tertiary alicyclic amines) is 1. The van der Waals surface area contributed by atoms with Crippen LogP contribution in [0.5, 0.6) is 0 Å². The van der Waals surface area contributed by atoms with Gasteiger partial charge in [0.05, 0.1) is 11.5 Å². The standard InChI is InChI=1S/C20H27BrN2O4/c21-15-6-4-5-14(13-15)17(20(26)9-2-1-3-10-20)18(24)23-11-7-16(8-12-23)27-19(22)25/h4-6,13,16-17,26H,1-3,7-12H2,(H2,22,25). The molecular formula is C20H27BrN2O4. The number of benzene rings is 1. The fourth-order valence-electron chi connectivity index (χ4n) is 4.36. The highest BCUT2D eigenvalue weighted by Crippen LogP contribution is 2.42. The maximum atomic E-state index is 13.5. The molecule has 1 aromatic carbocycles. The molecule has 1 saturated heterocycles. The van der Waals surface area contributed by atoms with Gasteiger partial charge >= 0.3 is 6.09 Å². The van der Waals surface area contributed by atoms with Gasteiger partial charge in [0.15, 0.2) is 0 Å².